The number of rotatable bonds is 4. The number of halogens is 2. The van der Waals surface area contributed by atoms with Gasteiger partial charge in [-0.2, -0.15) is 4.31 Å². The zero-order chi connectivity index (χ0) is 19.8. The molecule has 0 radical (unpaired) electrons. The van der Waals surface area contributed by atoms with Gasteiger partial charge in [-0.05, 0) is 25.0 Å². The highest BCUT2D eigenvalue weighted by atomic mass is 32.2. The molecule has 148 valence electrons. The van der Waals surface area contributed by atoms with Gasteiger partial charge in [0.25, 0.3) is 6.43 Å². The second kappa shape index (κ2) is 7.52. The number of hydrogen-bond acceptors (Lipinski definition) is 5. The van der Waals surface area contributed by atoms with Crippen molar-refractivity contribution in [2.75, 3.05) is 6.54 Å². The number of aromatic nitrogens is 2. The topological polar surface area (TPSA) is 63.2 Å². The highest BCUT2D eigenvalue weighted by molar-refractivity contribution is 7.89. The van der Waals surface area contributed by atoms with Crippen LogP contribution in [0, 0.1) is 0 Å². The molecule has 1 aromatic heterocycles. The van der Waals surface area contributed by atoms with Crippen molar-refractivity contribution in [3.63, 3.8) is 0 Å². The van der Waals surface area contributed by atoms with Crippen LogP contribution in [0.2, 0.25) is 0 Å². The molecule has 1 atom stereocenters. The van der Waals surface area contributed by atoms with Crippen LogP contribution in [-0.2, 0) is 15.4 Å². The molecule has 2 heterocycles. The van der Waals surface area contributed by atoms with E-state index >= 15 is 0 Å². The minimum Gasteiger partial charge on any atom is -0.207 e. The summed E-state index contributed by atoms with van der Waals surface area (Å²) in [4.78, 5) is 0.0272. The van der Waals surface area contributed by atoms with Gasteiger partial charge >= 0.3 is 0 Å². The van der Waals surface area contributed by atoms with Gasteiger partial charge in [0, 0.05) is 17.5 Å². The zero-order valence-electron chi connectivity index (χ0n) is 15.5. The van der Waals surface area contributed by atoms with E-state index < -0.39 is 16.4 Å². The highest BCUT2D eigenvalue weighted by Gasteiger charge is 2.37. The standard InChI is InChI=1S/C18H23F2N3O2S2/c1-18(2,3)17-22-21-16(26-17)14-6-4-5-11-23(14)27(24,25)13-9-7-12(8-10-13)15(19)20/h7-10,14-15H,4-6,11H2,1-3H3/t14-/m0/s1. The molecular formula is C18H23F2N3O2S2. The summed E-state index contributed by atoms with van der Waals surface area (Å²) >= 11 is 1.44. The van der Waals surface area contributed by atoms with Gasteiger partial charge in [-0.1, -0.05) is 50.7 Å². The normalized spacial score (nSPS) is 19.6. The fourth-order valence-corrected chi connectivity index (χ4v) is 5.81. The maximum atomic E-state index is 13.2. The summed E-state index contributed by atoms with van der Waals surface area (Å²) in [5, 5.41) is 10.1. The molecule has 9 heteroatoms. The molecule has 0 spiro atoms. The first-order valence-corrected chi connectivity index (χ1v) is 11.1. The second-order valence-electron chi connectivity index (χ2n) is 7.69. The third-order valence-electron chi connectivity index (χ3n) is 4.56. The summed E-state index contributed by atoms with van der Waals surface area (Å²) in [7, 11) is -3.80. The molecule has 1 saturated heterocycles. The Hall–Kier alpha value is -1.45. The molecule has 2 aromatic rings. The van der Waals surface area contributed by atoms with Crippen molar-refractivity contribution in [1.29, 1.82) is 0 Å². The molecule has 1 aliphatic heterocycles. The Morgan fingerprint density at radius 1 is 1.15 bits per heavy atom. The molecule has 1 aliphatic rings. The minimum atomic E-state index is -3.80. The van der Waals surface area contributed by atoms with Crippen LogP contribution in [0.1, 0.15) is 68.1 Å². The first kappa shape index (κ1) is 20.3. The number of hydrogen-bond donors (Lipinski definition) is 0. The molecule has 0 unspecified atom stereocenters. The third-order valence-corrected chi connectivity index (χ3v) is 7.93. The fourth-order valence-electron chi connectivity index (χ4n) is 3.03. The molecule has 27 heavy (non-hydrogen) atoms. The van der Waals surface area contributed by atoms with Crippen molar-refractivity contribution in [1.82, 2.24) is 14.5 Å². The molecule has 5 nitrogen and oxygen atoms in total. The number of piperidine rings is 1. The summed E-state index contributed by atoms with van der Waals surface area (Å²) in [5.41, 5.74) is -0.345. The highest BCUT2D eigenvalue weighted by Crippen LogP contribution is 2.38. The quantitative estimate of drug-likeness (QED) is 0.727. The van der Waals surface area contributed by atoms with Crippen LogP contribution in [0.5, 0.6) is 0 Å². The van der Waals surface area contributed by atoms with Crippen LogP contribution >= 0.6 is 11.3 Å². The van der Waals surface area contributed by atoms with Crippen LogP contribution < -0.4 is 0 Å². The van der Waals surface area contributed by atoms with Crippen LogP contribution in [0.3, 0.4) is 0 Å². The minimum absolute atomic E-state index is 0.0272. The molecule has 0 amide bonds. The summed E-state index contributed by atoms with van der Waals surface area (Å²) in [6, 6.07) is 4.47. The summed E-state index contributed by atoms with van der Waals surface area (Å²) < 4.78 is 53.3. The van der Waals surface area contributed by atoms with Gasteiger partial charge in [-0.25, -0.2) is 17.2 Å². The third kappa shape index (κ3) is 4.20. The van der Waals surface area contributed by atoms with E-state index in [1.807, 2.05) is 20.8 Å². The predicted octanol–water partition coefficient (Wildman–Crippen LogP) is 4.69. The smallest absolute Gasteiger partial charge is 0.207 e. The van der Waals surface area contributed by atoms with E-state index in [4.69, 9.17) is 0 Å². The summed E-state index contributed by atoms with van der Waals surface area (Å²) in [5.74, 6) is 0. The fraction of sp³-hybridized carbons (Fsp3) is 0.556. The molecule has 3 rings (SSSR count). The summed E-state index contributed by atoms with van der Waals surface area (Å²) in [6.07, 6.45) is -0.282. The maximum Gasteiger partial charge on any atom is 0.263 e. The zero-order valence-corrected chi connectivity index (χ0v) is 17.2. The van der Waals surface area contributed by atoms with Gasteiger partial charge < -0.3 is 0 Å². The molecular weight excluding hydrogens is 392 g/mol. The molecule has 0 saturated carbocycles. The monoisotopic (exact) mass is 415 g/mol. The average molecular weight is 416 g/mol. The Kier molecular flexibility index (Phi) is 5.65. The lowest BCUT2D eigenvalue weighted by molar-refractivity contribution is 0.151. The van der Waals surface area contributed by atoms with E-state index in [0.29, 0.717) is 18.0 Å². The lowest BCUT2D eigenvalue weighted by atomic mass is 9.98. The van der Waals surface area contributed by atoms with Gasteiger partial charge in [-0.15, -0.1) is 10.2 Å². The Morgan fingerprint density at radius 2 is 1.81 bits per heavy atom. The van der Waals surface area contributed by atoms with Gasteiger partial charge in [-0.3, -0.25) is 0 Å². The largest absolute Gasteiger partial charge is 0.263 e. The van der Waals surface area contributed by atoms with E-state index in [2.05, 4.69) is 10.2 Å². The molecule has 0 bridgehead atoms. The molecule has 0 aliphatic carbocycles. The summed E-state index contributed by atoms with van der Waals surface area (Å²) in [6.45, 7) is 6.50. The van der Waals surface area contributed by atoms with Crippen LogP contribution in [0.4, 0.5) is 8.78 Å². The second-order valence-corrected chi connectivity index (χ2v) is 10.6. The molecule has 1 fully saturated rings. The van der Waals surface area contributed by atoms with E-state index in [-0.39, 0.29) is 21.9 Å². The van der Waals surface area contributed by atoms with E-state index in [1.165, 1.54) is 39.9 Å². The van der Waals surface area contributed by atoms with E-state index in [1.54, 1.807) is 0 Å². The predicted molar refractivity (Wildman–Crippen MR) is 100 cm³/mol. The Balaban J connectivity index is 1.93. The molecule has 1 aromatic carbocycles. The Bertz CT molecular complexity index is 890. The van der Waals surface area contributed by atoms with Crippen LogP contribution in [-0.4, -0.2) is 29.5 Å². The van der Waals surface area contributed by atoms with Crippen molar-refractivity contribution in [3.05, 3.63) is 39.8 Å². The van der Waals surface area contributed by atoms with Crippen LogP contribution in [0.15, 0.2) is 29.2 Å². The van der Waals surface area contributed by atoms with Gasteiger partial charge in [0.2, 0.25) is 10.0 Å². The van der Waals surface area contributed by atoms with Crippen molar-refractivity contribution in [2.45, 2.75) is 62.8 Å². The van der Waals surface area contributed by atoms with Gasteiger partial charge in [0.05, 0.1) is 10.9 Å². The van der Waals surface area contributed by atoms with Crippen molar-refractivity contribution in [3.8, 4) is 0 Å². The van der Waals surface area contributed by atoms with E-state index in [0.717, 1.165) is 17.8 Å². The van der Waals surface area contributed by atoms with Crippen molar-refractivity contribution >= 4 is 21.4 Å². The average Bonchev–Trinajstić information content (AvgIpc) is 3.12. The van der Waals surface area contributed by atoms with Crippen molar-refractivity contribution in [2.24, 2.45) is 0 Å². The first-order chi connectivity index (χ1) is 12.6. The maximum absolute atomic E-state index is 13.2. The number of sulfonamides is 1. The Labute approximate surface area is 162 Å². The van der Waals surface area contributed by atoms with Crippen molar-refractivity contribution < 1.29 is 17.2 Å². The van der Waals surface area contributed by atoms with Crippen LogP contribution in [0.25, 0.3) is 0 Å². The SMILES string of the molecule is CC(C)(C)c1nnc([C@@H]2CCCCN2S(=O)(=O)c2ccc(C(F)F)cc2)s1. The lowest BCUT2D eigenvalue weighted by Crippen LogP contribution is -2.38. The number of alkyl halides is 2. The van der Waals surface area contributed by atoms with Gasteiger partial charge in [0.1, 0.15) is 10.0 Å². The lowest BCUT2D eigenvalue weighted by Gasteiger charge is -2.33. The molecule has 0 N–H and O–H groups in total. The first-order valence-electron chi connectivity index (χ1n) is 8.84. The Morgan fingerprint density at radius 3 is 2.37 bits per heavy atom. The van der Waals surface area contributed by atoms with Gasteiger partial charge in [0.15, 0.2) is 0 Å². The van der Waals surface area contributed by atoms with E-state index in [9.17, 15) is 17.2 Å². The number of nitrogens with zero attached hydrogens (tertiary/aromatic N) is 3. The number of benzene rings is 1.